The molecule has 0 saturated carbocycles. The lowest BCUT2D eigenvalue weighted by molar-refractivity contribution is -0.159. The van der Waals surface area contributed by atoms with Gasteiger partial charge >= 0.3 is 5.97 Å². The first-order valence-electron chi connectivity index (χ1n) is 3.20. The van der Waals surface area contributed by atoms with Crippen LogP contribution in [0.1, 0.15) is 6.92 Å². The number of hydrogen-bond acceptors (Lipinski definition) is 3. The van der Waals surface area contributed by atoms with E-state index in [1.807, 2.05) is 22.6 Å². The summed E-state index contributed by atoms with van der Waals surface area (Å²) >= 11 is 4.11. The van der Waals surface area contributed by atoms with Crippen molar-refractivity contribution in [1.29, 1.82) is 0 Å². The zero-order valence-electron chi connectivity index (χ0n) is 5.83. The van der Waals surface area contributed by atoms with Crippen molar-refractivity contribution in [3.8, 4) is 0 Å². The normalized spacial score (nSPS) is 45.3. The molecule has 64 valence electrons. The number of carbonyl (C=O) groups excluding carboxylic acids is 1. The number of rotatable bonds is 0. The van der Waals surface area contributed by atoms with E-state index in [2.05, 4.69) is 22.6 Å². The average Bonchev–Trinajstić information content (AvgIpc) is 1.97. The number of carbonyl (C=O) groups is 1. The Bertz CT molecular complexity index is 173. The predicted molar refractivity (Wildman–Crippen MR) is 56.9 cm³/mol. The van der Waals surface area contributed by atoms with E-state index < -0.39 is 6.10 Å². The summed E-state index contributed by atoms with van der Waals surface area (Å²) in [6.07, 6.45) is -0.571. The molecule has 0 aliphatic carbocycles. The fraction of sp³-hybridized carbons (Fsp3) is 0.833. The van der Waals surface area contributed by atoms with Crippen molar-refractivity contribution in [2.24, 2.45) is 5.92 Å². The number of halogens is 2. The maximum absolute atomic E-state index is 11.0. The van der Waals surface area contributed by atoms with Crippen LogP contribution in [0, 0.1) is 5.92 Å². The Morgan fingerprint density at radius 3 is 2.64 bits per heavy atom. The zero-order valence-corrected chi connectivity index (χ0v) is 10.1. The molecule has 0 radical (unpaired) electrons. The predicted octanol–water partition coefficient (Wildman–Crippen LogP) is 1.10. The highest BCUT2D eigenvalue weighted by molar-refractivity contribution is 14.1. The molecule has 0 aromatic carbocycles. The monoisotopic (exact) mass is 382 g/mol. The van der Waals surface area contributed by atoms with Gasteiger partial charge < -0.3 is 9.84 Å². The largest absolute Gasteiger partial charge is 0.450 e. The maximum Gasteiger partial charge on any atom is 0.312 e. The topological polar surface area (TPSA) is 46.5 Å². The summed E-state index contributed by atoms with van der Waals surface area (Å²) in [5, 5.41) is 9.47. The fourth-order valence-electron chi connectivity index (χ4n) is 0.854. The van der Waals surface area contributed by atoms with Gasteiger partial charge in [-0.05, 0) is 29.5 Å². The number of aliphatic hydroxyl groups excluding tert-OH is 1. The number of alkyl halides is 2. The Hall–Kier alpha value is 0.890. The van der Waals surface area contributed by atoms with Crippen LogP contribution in [0.4, 0.5) is 0 Å². The van der Waals surface area contributed by atoms with E-state index in [1.54, 1.807) is 6.92 Å². The van der Waals surface area contributed by atoms with Crippen LogP contribution < -0.4 is 0 Å². The highest BCUT2D eigenvalue weighted by Gasteiger charge is 2.40. The van der Waals surface area contributed by atoms with E-state index in [0.717, 1.165) is 0 Å². The van der Waals surface area contributed by atoms with E-state index in [-0.39, 0.29) is 19.9 Å². The van der Waals surface area contributed by atoms with Crippen molar-refractivity contribution in [3.63, 3.8) is 0 Å². The van der Waals surface area contributed by atoms with Crippen LogP contribution in [0.5, 0.6) is 0 Å². The van der Waals surface area contributed by atoms with Crippen LogP contribution in [0.25, 0.3) is 0 Å². The zero-order chi connectivity index (χ0) is 8.59. The molecule has 3 nitrogen and oxygen atoms in total. The van der Waals surface area contributed by atoms with Gasteiger partial charge in [-0.2, -0.15) is 0 Å². The second-order valence-electron chi connectivity index (χ2n) is 2.51. The molecular formula is C6H8I2O3. The summed E-state index contributed by atoms with van der Waals surface area (Å²) in [4.78, 5) is 11.0. The molecule has 5 heteroatoms. The molecule has 0 bridgehead atoms. The van der Waals surface area contributed by atoms with E-state index in [4.69, 9.17) is 4.74 Å². The lowest BCUT2D eigenvalue weighted by atomic mass is 10.0. The maximum atomic E-state index is 11.0. The van der Waals surface area contributed by atoms with Gasteiger partial charge in [0.05, 0.1) is 15.9 Å². The van der Waals surface area contributed by atoms with Crippen LogP contribution in [-0.4, -0.2) is 25.2 Å². The van der Waals surface area contributed by atoms with Crippen LogP contribution in [0.3, 0.4) is 0 Å². The molecule has 1 saturated heterocycles. The molecule has 1 rings (SSSR count). The van der Waals surface area contributed by atoms with Crippen molar-refractivity contribution >= 4 is 51.2 Å². The minimum atomic E-state index is -0.571. The third kappa shape index (κ3) is 1.97. The van der Waals surface area contributed by atoms with Crippen molar-refractivity contribution in [3.05, 3.63) is 0 Å². The number of ether oxygens (including phenoxy) is 1. The van der Waals surface area contributed by atoms with E-state index >= 15 is 0 Å². The summed E-state index contributed by atoms with van der Waals surface area (Å²) in [5.74, 6) is -0.687. The highest BCUT2D eigenvalue weighted by Crippen LogP contribution is 2.30. The SMILES string of the molecule is CC1C(=O)O[C@H](I)[C@H](I)[C@@H]1O. The summed E-state index contributed by atoms with van der Waals surface area (Å²) in [6.45, 7) is 1.68. The molecule has 1 unspecified atom stereocenters. The molecule has 0 aromatic rings. The van der Waals surface area contributed by atoms with Crippen molar-refractivity contribution in [2.75, 3.05) is 0 Å². The second-order valence-corrected chi connectivity index (χ2v) is 5.18. The molecule has 1 fully saturated rings. The molecule has 1 aliphatic rings. The lowest BCUT2D eigenvalue weighted by Crippen LogP contribution is -2.46. The minimum absolute atomic E-state index is 0.000833. The first kappa shape index (κ1) is 9.97. The van der Waals surface area contributed by atoms with Gasteiger partial charge in [0.25, 0.3) is 0 Å². The highest BCUT2D eigenvalue weighted by atomic mass is 127. The van der Waals surface area contributed by atoms with Gasteiger partial charge in [0.1, 0.15) is 0 Å². The molecule has 1 aliphatic heterocycles. The average molecular weight is 382 g/mol. The third-order valence-corrected chi connectivity index (χ3v) is 5.48. The van der Waals surface area contributed by atoms with E-state index in [1.165, 1.54) is 0 Å². The molecule has 0 amide bonds. The van der Waals surface area contributed by atoms with Gasteiger partial charge in [-0.25, -0.2) is 0 Å². The van der Waals surface area contributed by atoms with E-state index in [0.29, 0.717) is 0 Å². The first-order valence-corrected chi connectivity index (χ1v) is 5.70. The van der Waals surface area contributed by atoms with Crippen molar-refractivity contribution in [1.82, 2.24) is 0 Å². The Kier molecular flexibility index (Phi) is 3.39. The number of aliphatic hydroxyl groups is 1. The molecule has 1 N–H and O–H groups in total. The van der Waals surface area contributed by atoms with Gasteiger partial charge in [-0.15, -0.1) is 0 Å². The third-order valence-electron chi connectivity index (χ3n) is 1.69. The van der Waals surface area contributed by atoms with Gasteiger partial charge in [0, 0.05) is 0 Å². The molecule has 0 aromatic heterocycles. The molecule has 1 heterocycles. The van der Waals surface area contributed by atoms with Crippen LogP contribution in [0.15, 0.2) is 0 Å². The van der Waals surface area contributed by atoms with Crippen molar-refractivity contribution < 1.29 is 14.6 Å². The van der Waals surface area contributed by atoms with Gasteiger partial charge in [-0.1, -0.05) is 22.6 Å². The van der Waals surface area contributed by atoms with E-state index in [9.17, 15) is 9.90 Å². The smallest absolute Gasteiger partial charge is 0.312 e. The lowest BCUT2D eigenvalue weighted by Gasteiger charge is -2.31. The Morgan fingerprint density at radius 2 is 2.09 bits per heavy atom. The summed E-state index contributed by atoms with van der Waals surface area (Å²) in [5.41, 5.74) is 0. The molecule has 11 heavy (non-hydrogen) atoms. The van der Waals surface area contributed by atoms with Gasteiger partial charge in [0.15, 0.2) is 4.11 Å². The quantitative estimate of drug-likeness (QED) is 0.388. The Labute approximate surface area is 92.2 Å². The van der Waals surface area contributed by atoms with Gasteiger partial charge in [0.2, 0.25) is 0 Å². The van der Waals surface area contributed by atoms with Crippen molar-refractivity contribution in [2.45, 2.75) is 21.1 Å². The standard InChI is InChI=1S/C6H8I2O3/c1-2-4(9)3(7)5(8)11-6(2)10/h2-5,9H,1H3/t2?,3-,4-,5+/m1/s1. The molecule has 4 atom stereocenters. The summed E-state index contributed by atoms with van der Waals surface area (Å²) in [7, 11) is 0. The Morgan fingerprint density at radius 1 is 1.55 bits per heavy atom. The minimum Gasteiger partial charge on any atom is -0.450 e. The fourth-order valence-corrected chi connectivity index (χ4v) is 2.30. The first-order chi connectivity index (χ1) is 5.04. The molecule has 0 spiro atoms. The summed E-state index contributed by atoms with van der Waals surface area (Å²) < 4.78 is 4.76. The van der Waals surface area contributed by atoms with Crippen LogP contribution in [0.2, 0.25) is 0 Å². The molecular weight excluding hydrogens is 374 g/mol. The number of esters is 1. The van der Waals surface area contributed by atoms with Crippen LogP contribution in [-0.2, 0) is 9.53 Å². The second kappa shape index (κ2) is 3.73. The Balaban J connectivity index is 2.70. The summed E-state index contributed by atoms with van der Waals surface area (Å²) in [6, 6.07) is 0. The number of cyclic esters (lactones) is 1. The van der Waals surface area contributed by atoms with Gasteiger partial charge in [-0.3, -0.25) is 4.79 Å². The number of hydrogen-bond donors (Lipinski definition) is 1. The van der Waals surface area contributed by atoms with Crippen LogP contribution >= 0.6 is 45.2 Å².